The molecule has 0 unspecified atom stereocenters. The second kappa shape index (κ2) is 5.40. The quantitative estimate of drug-likeness (QED) is 0.728. The molecule has 0 heterocycles. The summed E-state index contributed by atoms with van der Waals surface area (Å²) in [5.74, 6) is 0. The zero-order chi connectivity index (χ0) is 11.3. The standard InChI is InChI=1S/C12H13N.C2H6/c1-9-3-4-10-5-6-12(13-2)8-11(10)7-9;1-2/h3-8,13H,1-2H3;1-2H3. The van der Waals surface area contributed by atoms with Crippen LogP contribution >= 0.6 is 0 Å². The van der Waals surface area contributed by atoms with Crippen molar-refractivity contribution in [1.82, 2.24) is 0 Å². The maximum absolute atomic E-state index is 3.14. The maximum Gasteiger partial charge on any atom is 0.0343 e. The topological polar surface area (TPSA) is 12.0 Å². The van der Waals surface area contributed by atoms with Gasteiger partial charge in [-0.2, -0.15) is 0 Å². The predicted molar refractivity (Wildman–Crippen MR) is 69.6 cm³/mol. The van der Waals surface area contributed by atoms with Crippen molar-refractivity contribution in [2.24, 2.45) is 0 Å². The first kappa shape index (κ1) is 11.6. The highest BCUT2D eigenvalue weighted by molar-refractivity contribution is 5.86. The molecule has 2 aromatic rings. The number of hydrogen-bond acceptors (Lipinski definition) is 1. The van der Waals surface area contributed by atoms with Crippen LogP contribution in [0.3, 0.4) is 0 Å². The van der Waals surface area contributed by atoms with E-state index < -0.39 is 0 Å². The minimum atomic E-state index is 1.16. The normalized spacial score (nSPS) is 9.33. The molecule has 0 amide bonds. The summed E-state index contributed by atoms with van der Waals surface area (Å²) in [5.41, 5.74) is 2.47. The predicted octanol–water partition coefficient (Wildman–Crippen LogP) is 4.22. The molecule has 1 N–H and O–H groups in total. The average Bonchev–Trinajstić information content (AvgIpc) is 2.30. The van der Waals surface area contributed by atoms with Crippen LogP contribution in [0.15, 0.2) is 36.4 Å². The third-order valence-electron chi connectivity index (χ3n) is 2.28. The van der Waals surface area contributed by atoms with Gasteiger partial charge in [0.05, 0.1) is 0 Å². The number of hydrogen-bond donors (Lipinski definition) is 1. The van der Waals surface area contributed by atoms with Gasteiger partial charge in [0.15, 0.2) is 0 Å². The molecule has 0 aromatic heterocycles. The molecule has 0 aliphatic carbocycles. The monoisotopic (exact) mass is 201 g/mol. The first-order valence-corrected chi connectivity index (χ1v) is 5.48. The number of fused-ring (bicyclic) bond motifs is 1. The SMILES string of the molecule is CC.CNc1ccc2ccc(C)cc2c1. The largest absolute Gasteiger partial charge is 0.388 e. The molecule has 0 spiro atoms. The van der Waals surface area contributed by atoms with Crippen LogP contribution in [-0.4, -0.2) is 7.05 Å². The van der Waals surface area contributed by atoms with E-state index in [4.69, 9.17) is 0 Å². The zero-order valence-electron chi connectivity index (χ0n) is 9.96. The minimum absolute atomic E-state index is 1.16. The van der Waals surface area contributed by atoms with E-state index in [1.807, 2.05) is 20.9 Å². The molecular weight excluding hydrogens is 182 g/mol. The average molecular weight is 201 g/mol. The lowest BCUT2D eigenvalue weighted by molar-refractivity contribution is 1.49. The lowest BCUT2D eigenvalue weighted by Crippen LogP contribution is -1.86. The van der Waals surface area contributed by atoms with E-state index in [1.165, 1.54) is 16.3 Å². The molecule has 0 bridgehead atoms. The van der Waals surface area contributed by atoms with Gasteiger partial charge in [-0.1, -0.05) is 43.7 Å². The fourth-order valence-electron chi connectivity index (χ4n) is 1.52. The van der Waals surface area contributed by atoms with Gasteiger partial charge in [-0.25, -0.2) is 0 Å². The highest BCUT2D eigenvalue weighted by atomic mass is 14.8. The summed E-state index contributed by atoms with van der Waals surface area (Å²) < 4.78 is 0. The van der Waals surface area contributed by atoms with Gasteiger partial charge in [0.2, 0.25) is 0 Å². The van der Waals surface area contributed by atoms with E-state index in [0.717, 1.165) is 5.69 Å². The van der Waals surface area contributed by atoms with E-state index in [9.17, 15) is 0 Å². The Kier molecular flexibility index (Phi) is 4.17. The fourth-order valence-corrected chi connectivity index (χ4v) is 1.52. The van der Waals surface area contributed by atoms with Crippen LogP contribution in [0.2, 0.25) is 0 Å². The zero-order valence-corrected chi connectivity index (χ0v) is 9.96. The molecule has 80 valence electrons. The van der Waals surface area contributed by atoms with Crippen molar-refractivity contribution < 1.29 is 0 Å². The van der Waals surface area contributed by atoms with Crippen LogP contribution in [0.5, 0.6) is 0 Å². The van der Waals surface area contributed by atoms with Gasteiger partial charge >= 0.3 is 0 Å². The number of nitrogens with one attached hydrogen (secondary N) is 1. The molecule has 0 atom stereocenters. The fraction of sp³-hybridized carbons (Fsp3) is 0.286. The molecule has 0 aliphatic heterocycles. The summed E-state index contributed by atoms with van der Waals surface area (Å²) in [6.07, 6.45) is 0. The Morgan fingerprint density at radius 3 is 2.20 bits per heavy atom. The lowest BCUT2D eigenvalue weighted by Gasteiger charge is -2.03. The summed E-state index contributed by atoms with van der Waals surface area (Å²) in [6.45, 7) is 6.12. The van der Waals surface area contributed by atoms with Crippen molar-refractivity contribution in [3.63, 3.8) is 0 Å². The molecule has 1 heteroatoms. The van der Waals surface area contributed by atoms with E-state index in [2.05, 4.69) is 48.6 Å². The highest BCUT2D eigenvalue weighted by Gasteiger charge is 1.94. The number of rotatable bonds is 1. The molecule has 0 saturated carbocycles. The van der Waals surface area contributed by atoms with Crippen LogP contribution in [-0.2, 0) is 0 Å². The van der Waals surface area contributed by atoms with Gasteiger partial charge < -0.3 is 5.32 Å². The smallest absolute Gasteiger partial charge is 0.0343 e. The van der Waals surface area contributed by atoms with Crippen molar-refractivity contribution in [1.29, 1.82) is 0 Å². The summed E-state index contributed by atoms with van der Waals surface area (Å²) in [5, 5.41) is 5.73. The Balaban J connectivity index is 0.000000531. The summed E-state index contributed by atoms with van der Waals surface area (Å²) in [7, 11) is 1.94. The lowest BCUT2D eigenvalue weighted by atomic mass is 10.1. The van der Waals surface area contributed by atoms with Crippen LogP contribution in [0, 0.1) is 6.92 Å². The van der Waals surface area contributed by atoms with Crippen LogP contribution < -0.4 is 5.32 Å². The Labute approximate surface area is 92.1 Å². The van der Waals surface area contributed by atoms with Gasteiger partial charge in [0.25, 0.3) is 0 Å². The van der Waals surface area contributed by atoms with Crippen molar-refractivity contribution in [3.05, 3.63) is 42.0 Å². The Hall–Kier alpha value is -1.50. The second-order valence-corrected chi connectivity index (χ2v) is 3.32. The van der Waals surface area contributed by atoms with E-state index in [-0.39, 0.29) is 0 Å². The van der Waals surface area contributed by atoms with Gasteiger partial charge in [0, 0.05) is 12.7 Å². The van der Waals surface area contributed by atoms with E-state index >= 15 is 0 Å². The molecular formula is C14H19N. The molecule has 0 aliphatic rings. The highest BCUT2D eigenvalue weighted by Crippen LogP contribution is 2.19. The first-order chi connectivity index (χ1) is 7.29. The number of aryl methyl sites for hydroxylation is 1. The minimum Gasteiger partial charge on any atom is -0.388 e. The molecule has 15 heavy (non-hydrogen) atoms. The third kappa shape index (κ3) is 2.72. The van der Waals surface area contributed by atoms with Crippen LogP contribution in [0.25, 0.3) is 10.8 Å². The molecule has 2 aromatic carbocycles. The van der Waals surface area contributed by atoms with Gasteiger partial charge in [-0.3, -0.25) is 0 Å². The summed E-state index contributed by atoms with van der Waals surface area (Å²) in [4.78, 5) is 0. The number of benzene rings is 2. The van der Waals surface area contributed by atoms with Gasteiger partial charge in [-0.15, -0.1) is 0 Å². The molecule has 0 fully saturated rings. The van der Waals surface area contributed by atoms with Gasteiger partial charge in [-0.05, 0) is 29.8 Å². The maximum atomic E-state index is 3.14. The van der Waals surface area contributed by atoms with E-state index in [1.54, 1.807) is 0 Å². The van der Waals surface area contributed by atoms with Crippen LogP contribution in [0.4, 0.5) is 5.69 Å². The van der Waals surface area contributed by atoms with Crippen molar-refractivity contribution in [3.8, 4) is 0 Å². The van der Waals surface area contributed by atoms with E-state index in [0.29, 0.717) is 0 Å². The van der Waals surface area contributed by atoms with Crippen molar-refractivity contribution in [2.45, 2.75) is 20.8 Å². The number of anilines is 1. The molecule has 0 saturated heterocycles. The molecule has 0 radical (unpaired) electrons. The summed E-state index contributed by atoms with van der Waals surface area (Å²) >= 11 is 0. The molecule has 1 nitrogen and oxygen atoms in total. The summed E-state index contributed by atoms with van der Waals surface area (Å²) in [6, 6.07) is 12.9. The van der Waals surface area contributed by atoms with Gasteiger partial charge in [0.1, 0.15) is 0 Å². The Morgan fingerprint density at radius 1 is 0.867 bits per heavy atom. The Morgan fingerprint density at radius 2 is 1.53 bits per heavy atom. The van der Waals surface area contributed by atoms with Crippen molar-refractivity contribution >= 4 is 16.5 Å². The third-order valence-corrected chi connectivity index (χ3v) is 2.28. The van der Waals surface area contributed by atoms with Crippen molar-refractivity contribution in [2.75, 3.05) is 12.4 Å². The first-order valence-electron chi connectivity index (χ1n) is 5.48. The molecule has 2 rings (SSSR count). The second-order valence-electron chi connectivity index (χ2n) is 3.32. The van der Waals surface area contributed by atoms with Crippen LogP contribution in [0.1, 0.15) is 19.4 Å². The Bertz CT molecular complexity index is 432.